The van der Waals surface area contributed by atoms with E-state index in [2.05, 4.69) is 26.3 Å². The van der Waals surface area contributed by atoms with Crippen molar-refractivity contribution < 1.29 is 14.3 Å². The first kappa shape index (κ1) is 20.2. The summed E-state index contributed by atoms with van der Waals surface area (Å²) in [4.78, 5) is 25.6. The molecule has 1 aliphatic rings. The highest BCUT2D eigenvalue weighted by Gasteiger charge is 2.24. The number of fused-ring (bicyclic) bond motifs is 1. The number of anilines is 2. The average molecular weight is 418 g/mol. The lowest BCUT2D eigenvalue weighted by atomic mass is 10.1. The quantitative estimate of drug-likeness (QED) is 0.695. The van der Waals surface area contributed by atoms with Gasteiger partial charge in [0.05, 0.1) is 36.5 Å². The zero-order chi connectivity index (χ0) is 21.8. The molecule has 1 aromatic heterocycles. The molecule has 2 heterocycles. The van der Waals surface area contributed by atoms with Crippen LogP contribution in [0.2, 0.25) is 0 Å². The first-order valence-corrected chi connectivity index (χ1v) is 9.82. The highest BCUT2D eigenvalue weighted by molar-refractivity contribution is 5.91. The summed E-state index contributed by atoms with van der Waals surface area (Å²) in [5, 5.41) is 12.1. The Labute approximate surface area is 179 Å². The molecular weight excluding hydrogens is 396 g/mol. The molecule has 9 nitrogen and oxygen atoms in total. The van der Waals surface area contributed by atoms with Crippen LogP contribution < -0.4 is 19.7 Å². The van der Waals surface area contributed by atoms with E-state index in [1.807, 2.05) is 18.2 Å². The minimum absolute atomic E-state index is 0.243. The van der Waals surface area contributed by atoms with Gasteiger partial charge < -0.3 is 19.3 Å². The number of hydrogen-bond acceptors (Lipinski definition) is 7. The number of nitriles is 1. The maximum absolute atomic E-state index is 12.9. The predicted octanol–water partition coefficient (Wildman–Crippen LogP) is 2.87. The minimum Gasteiger partial charge on any atom is -0.497 e. The van der Waals surface area contributed by atoms with E-state index < -0.39 is 0 Å². The van der Waals surface area contributed by atoms with E-state index in [1.165, 1.54) is 7.11 Å². The predicted molar refractivity (Wildman–Crippen MR) is 117 cm³/mol. The van der Waals surface area contributed by atoms with Crippen LogP contribution in [0.3, 0.4) is 0 Å². The maximum Gasteiger partial charge on any atom is 0.323 e. The average Bonchev–Trinajstić information content (AvgIpc) is 2.83. The lowest BCUT2D eigenvalue weighted by molar-refractivity contribution is 0.208. The highest BCUT2D eigenvalue weighted by Crippen LogP contribution is 2.26. The van der Waals surface area contributed by atoms with Crippen LogP contribution >= 0.6 is 0 Å². The number of hydrogen-bond donors (Lipinski definition) is 1. The van der Waals surface area contributed by atoms with Gasteiger partial charge in [0.25, 0.3) is 5.88 Å². The van der Waals surface area contributed by atoms with Gasteiger partial charge in [-0.3, -0.25) is 5.32 Å². The van der Waals surface area contributed by atoms with Crippen molar-refractivity contribution in [3.05, 3.63) is 48.0 Å². The summed E-state index contributed by atoms with van der Waals surface area (Å²) in [7, 11) is 3.07. The molecule has 0 atom stereocenters. The topological polar surface area (TPSA) is 104 Å². The molecule has 0 spiro atoms. The van der Waals surface area contributed by atoms with E-state index >= 15 is 0 Å². The van der Waals surface area contributed by atoms with Crippen molar-refractivity contribution in [2.45, 2.75) is 0 Å². The van der Waals surface area contributed by atoms with Crippen LogP contribution in [0.15, 0.2) is 42.5 Å². The van der Waals surface area contributed by atoms with Crippen LogP contribution in [-0.2, 0) is 0 Å². The molecule has 0 bridgehead atoms. The Kier molecular flexibility index (Phi) is 5.71. The van der Waals surface area contributed by atoms with Gasteiger partial charge in [-0.2, -0.15) is 5.26 Å². The third-order valence-corrected chi connectivity index (χ3v) is 5.19. The fourth-order valence-electron chi connectivity index (χ4n) is 3.54. The van der Waals surface area contributed by atoms with Gasteiger partial charge in [-0.05, 0) is 24.3 Å². The molecule has 1 fully saturated rings. The highest BCUT2D eigenvalue weighted by atomic mass is 16.5. The van der Waals surface area contributed by atoms with Crippen molar-refractivity contribution in [3.63, 3.8) is 0 Å². The zero-order valence-corrected chi connectivity index (χ0v) is 17.3. The number of ether oxygens (including phenoxy) is 2. The Morgan fingerprint density at radius 3 is 2.52 bits per heavy atom. The molecule has 2 aromatic carbocycles. The number of piperazine rings is 1. The number of rotatable bonds is 4. The summed E-state index contributed by atoms with van der Waals surface area (Å²) < 4.78 is 10.6. The van der Waals surface area contributed by atoms with E-state index in [0.29, 0.717) is 48.5 Å². The molecule has 1 N–H and O–H groups in total. The number of nitrogens with zero attached hydrogens (tertiary/aromatic N) is 5. The van der Waals surface area contributed by atoms with Crippen molar-refractivity contribution in [2.24, 2.45) is 0 Å². The number of nitrogens with one attached hydrogen (secondary N) is 1. The molecule has 0 saturated carbocycles. The molecule has 9 heteroatoms. The molecule has 1 aliphatic heterocycles. The molecule has 0 radical (unpaired) electrons. The summed E-state index contributed by atoms with van der Waals surface area (Å²) in [5.41, 5.74) is 2.75. The third kappa shape index (κ3) is 4.14. The Morgan fingerprint density at radius 2 is 1.81 bits per heavy atom. The van der Waals surface area contributed by atoms with Gasteiger partial charge in [-0.15, -0.1) is 0 Å². The largest absolute Gasteiger partial charge is 0.497 e. The van der Waals surface area contributed by atoms with Gasteiger partial charge >= 0.3 is 6.03 Å². The molecule has 31 heavy (non-hydrogen) atoms. The number of para-hydroxylation sites is 1. The van der Waals surface area contributed by atoms with Gasteiger partial charge in [-0.1, -0.05) is 12.1 Å². The zero-order valence-electron chi connectivity index (χ0n) is 17.3. The first-order valence-electron chi connectivity index (χ1n) is 9.82. The fourth-order valence-corrected chi connectivity index (χ4v) is 3.54. The van der Waals surface area contributed by atoms with E-state index in [-0.39, 0.29) is 17.7 Å². The number of urea groups is 1. The van der Waals surface area contributed by atoms with Gasteiger partial charge in [-0.25, -0.2) is 14.8 Å². The Balaban J connectivity index is 1.47. The van der Waals surface area contributed by atoms with Crippen molar-refractivity contribution in [2.75, 3.05) is 50.6 Å². The Hall–Kier alpha value is -4.06. The summed E-state index contributed by atoms with van der Waals surface area (Å²) in [6.07, 6.45) is 0. The second kappa shape index (κ2) is 8.75. The molecule has 1 saturated heterocycles. The molecular formula is C22H22N6O3. The Morgan fingerprint density at radius 1 is 1.03 bits per heavy atom. The smallest absolute Gasteiger partial charge is 0.323 e. The number of aromatic nitrogens is 2. The standard InChI is InChI=1S/C22H22N6O3/c1-30-16-7-8-17-18(13-16)24-20(21(25-17)31-2)26-22(29)28-11-9-27(10-12-28)19-6-4-3-5-15(19)14-23/h3-8,13H,9-12H2,1-2H3,(H,24,26,29). The van der Waals surface area contributed by atoms with E-state index in [1.54, 1.807) is 36.3 Å². The van der Waals surface area contributed by atoms with Gasteiger partial charge in [0.1, 0.15) is 11.8 Å². The van der Waals surface area contributed by atoms with E-state index in [4.69, 9.17) is 9.47 Å². The second-order valence-electron chi connectivity index (χ2n) is 6.97. The lowest BCUT2D eigenvalue weighted by Gasteiger charge is -2.36. The summed E-state index contributed by atoms with van der Waals surface area (Å²) in [5.74, 6) is 1.15. The van der Waals surface area contributed by atoms with E-state index in [9.17, 15) is 10.1 Å². The normalized spacial score (nSPS) is 13.6. The third-order valence-electron chi connectivity index (χ3n) is 5.19. The van der Waals surface area contributed by atoms with Crippen molar-refractivity contribution in [1.29, 1.82) is 5.26 Å². The molecule has 4 rings (SSSR count). The lowest BCUT2D eigenvalue weighted by Crippen LogP contribution is -2.50. The summed E-state index contributed by atoms with van der Waals surface area (Å²) in [6, 6.07) is 14.8. The summed E-state index contributed by atoms with van der Waals surface area (Å²) in [6.45, 7) is 2.29. The molecule has 0 aliphatic carbocycles. The van der Waals surface area contributed by atoms with Gasteiger partial charge in [0.15, 0.2) is 5.82 Å². The molecule has 2 amide bonds. The van der Waals surface area contributed by atoms with Crippen LogP contribution in [-0.4, -0.2) is 61.3 Å². The van der Waals surface area contributed by atoms with Crippen LogP contribution in [0.1, 0.15) is 5.56 Å². The van der Waals surface area contributed by atoms with Gasteiger partial charge in [0, 0.05) is 32.2 Å². The monoisotopic (exact) mass is 418 g/mol. The van der Waals surface area contributed by atoms with Crippen LogP contribution in [0.25, 0.3) is 11.0 Å². The number of carbonyl (C=O) groups excluding carboxylic acids is 1. The number of amides is 2. The SMILES string of the molecule is COc1ccc2nc(OC)c(NC(=O)N3CCN(c4ccccc4C#N)CC3)nc2c1. The second-order valence-corrected chi connectivity index (χ2v) is 6.97. The fraction of sp³-hybridized carbons (Fsp3) is 0.273. The van der Waals surface area contributed by atoms with Gasteiger partial charge in [0.2, 0.25) is 0 Å². The number of benzene rings is 2. The van der Waals surface area contributed by atoms with Crippen LogP contribution in [0.4, 0.5) is 16.3 Å². The number of carbonyl (C=O) groups is 1. The van der Waals surface area contributed by atoms with Crippen molar-refractivity contribution in [3.8, 4) is 17.7 Å². The number of methoxy groups -OCH3 is 2. The van der Waals surface area contributed by atoms with Crippen molar-refractivity contribution in [1.82, 2.24) is 14.9 Å². The molecule has 3 aromatic rings. The maximum atomic E-state index is 12.9. The van der Waals surface area contributed by atoms with Crippen LogP contribution in [0.5, 0.6) is 11.6 Å². The minimum atomic E-state index is -0.275. The summed E-state index contributed by atoms with van der Waals surface area (Å²) >= 11 is 0. The molecule has 158 valence electrons. The molecule has 0 unspecified atom stereocenters. The van der Waals surface area contributed by atoms with Crippen molar-refractivity contribution >= 4 is 28.6 Å². The Bertz CT molecular complexity index is 1150. The van der Waals surface area contributed by atoms with Crippen LogP contribution in [0, 0.1) is 11.3 Å². The first-order chi connectivity index (χ1) is 15.1. The van der Waals surface area contributed by atoms with E-state index in [0.717, 1.165) is 5.69 Å².